The minimum atomic E-state index is -0.950. The van der Waals surface area contributed by atoms with E-state index in [-0.39, 0.29) is 18.4 Å². The van der Waals surface area contributed by atoms with Crippen LogP contribution in [0.4, 0.5) is 0 Å². The highest BCUT2D eigenvalue weighted by atomic mass is 16.5. The number of likely N-dealkylation sites (tertiary alicyclic amines) is 1. The van der Waals surface area contributed by atoms with E-state index in [1.807, 2.05) is 0 Å². The summed E-state index contributed by atoms with van der Waals surface area (Å²) in [5.41, 5.74) is 0. The first-order valence-corrected chi connectivity index (χ1v) is 5.14. The summed E-state index contributed by atoms with van der Waals surface area (Å²) in [7, 11) is 0. The molecule has 1 rings (SSSR count). The van der Waals surface area contributed by atoms with E-state index in [4.69, 9.17) is 9.84 Å². The molecule has 86 valence electrons. The van der Waals surface area contributed by atoms with Crippen LogP contribution in [-0.4, -0.2) is 48.2 Å². The number of amides is 1. The maximum atomic E-state index is 11.1. The molecule has 15 heavy (non-hydrogen) atoms. The summed E-state index contributed by atoms with van der Waals surface area (Å²) in [6.07, 6.45) is 1.98. The number of hydrogen-bond acceptors (Lipinski definition) is 3. The van der Waals surface area contributed by atoms with Gasteiger partial charge in [-0.1, -0.05) is 0 Å². The molecule has 0 aliphatic carbocycles. The Morgan fingerprint density at radius 3 is 2.87 bits per heavy atom. The number of ether oxygens (including phenoxy) is 1. The van der Waals surface area contributed by atoms with E-state index in [9.17, 15) is 9.59 Å². The van der Waals surface area contributed by atoms with Crippen molar-refractivity contribution in [1.29, 1.82) is 0 Å². The number of rotatable bonds is 4. The highest BCUT2D eigenvalue weighted by Crippen LogP contribution is 2.16. The van der Waals surface area contributed by atoms with E-state index in [2.05, 4.69) is 0 Å². The topological polar surface area (TPSA) is 66.8 Å². The fourth-order valence-electron chi connectivity index (χ4n) is 1.80. The van der Waals surface area contributed by atoms with Gasteiger partial charge in [-0.15, -0.1) is 0 Å². The van der Waals surface area contributed by atoms with Crippen molar-refractivity contribution in [1.82, 2.24) is 4.90 Å². The number of piperidine rings is 1. The molecule has 1 aliphatic heterocycles. The Kier molecular flexibility index (Phi) is 4.55. The zero-order valence-electron chi connectivity index (χ0n) is 8.94. The summed E-state index contributed by atoms with van der Waals surface area (Å²) in [4.78, 5) is 23.1. The molecule has 0 aromatic heterocycles. The molecular weight excluding hydrogens is 198 g/mol. The van der Waals surface area contributed by atoms with Crippen LogP contribution in [0, 0.1) is 5.92 Å². The third-order valence-corrected chi connectivity index (χ3v) is 2.54. The van der Waals surface area contributed by atoms with Gasteiger partial charge in [-0.05, 0) is 18.8 Å². The molecule has 0 spiro atoms. The number of hydrogen-bond donors (Lipinski definition) is 1. The van der Waals surface area contributed by atoms with Crippen LogP contribution in [-0.2, 0) is 14.3 Å². The Balaban J connectivity index is 2.24. The van der Waals surface area contributed by atoms with Crippen molar-refractivity contribution < 1.29 is 19.4 Å². The second kappa shape index (κ2) is 5.70. The molecule has 1 aliphatic rings. The summed E-state index contributed by atoms with van der Waals surface area (Å²) < 4.78 is 5.03. The maximum Gasteiger partial charge on any atom is 0.329 e. The summed E-state index contributed by atoms with van der Waals surface area (Å²) in [6.45, 7) is 3.23. The SMILES string of the molecule is CC(=O)N1CCCC(COCC(=O)O)C1. The van der Waals surface area contributed by atoms with E-state index < -0.39 is 5.97 Å². The monoisotopic (exact) mass is 215 g/mol. The van der Waals surface area contributed by atoms with Gasteiger partial charge >= 0.3 is 5.97 Å². The molecule has 0 aromatic rings. The molecule has 1 N–H and O–H groups in total. The normalized spacial score (nSPS) is 21.4. The van der Waals surface area contributed by atoms with Crippen LogP contribution < -0.4 is 0 Å². The van der Waals surface area contributed by atoms with E-state index in [1.54, 1.807) is 11.8 Å². The molecule has 0 saturated carbocycles. The average Bonchev–Trinajstić information content (AvgIpc) is 2.17. The van der Waals surface area contributed by atoms with E-state index in [1.165, 1.54) is 0 Å². The molecule has 5 nitrogen and oxygen atoms in total. The van der Waals surface area contributed by atoms with Crippen molar-refractivity contribution in [2.45, 2.75) is 19.8 Å². The Bertz CT molecular complexity index is 242. The van der Waals surface area contributed by atoms with Gasteiger partial charge in [0.25, 0.3) is 0 Å². The second-order valence-corrected chi connectivity index (χ2v) is 3.88. The fourth-order valence-corrected chi connectivity index (χ4v) is 1.80. The molecule has 0 bridgehead atoms. The van der Waals surface area contributed by atoms with Crippen LogP contribution in [0.1, 0.15) is 19.8 Å². The van der Waals surface area contributed by atoms with Gasteiger partial charge in [0.05, 0.1) is 6.61 Å². The number of carbonyl (C=O) groups is 2. The summed E-state index contributed by atoms with van der Waals surface area (Å²) in [6, 6.07) is 0. The molecule has 0 aromatic carbocycles. The van der Waals surface area contributed by atoms with Crippen LogP contribution in [0.3, 0.4) is 0 Å². The molecule has 1 amide bonds. The first-order chi connectivity index (χ1) is 7.09. The van der Waals surface area contributed by atoms with Crippen molar-refractivity contribution in [2.24, 2.45) is 5.92 Å². The van der Waals surface area contributed by atoms with Gasteiger partial charge in [0.1, 0.15) is 6.61 Å². The van der Waals surface area contributed by atoms with Crippen LogP contribution in [0.15, 0.2) is 0 Å². The van der Waals surface area contributed by atoms with Crippen LogP contribution in [0.2, 0.25) is 0 Å². The minimum Gasteiger partial charge on any atom is -0.480 e. The third kappa shape index (κ3) is 4.29. The lowest BCUT2D eigenvalue weighted by molar-refractivity contribution is -0.143. The van der Waals surface area contributed by atoms with Crippen molar-refractivity contribution in [3.8, 4) is 0 Å². The Labute approximate surface area is 89.0 Å². The first-order valence-electron chi connectivity index (χ1n) is 5.14. The third-order valence-electron chi connectivity index (χ3n) is 2.54. The minimum absolute atomic E-state index is 0.0814. The maximum absolute atomic E-state index is 11.1. The molecule has 5 heteroatoms. The number of carboxylic acids is 1. The summed E-state index contributed by atoms with van der Waals surface area (Å²) in [5, 5.41) is 8.39. The Morgan fingerprint density at radius 2 is 2.27 bits per heavy atom. The summed E-state index contributed by atoms with van der Waals surface area (Å²) in [5.74, 6) is -0.589. The van der Waals surface area contributed by atoms with Crippen molar-refractivity contribution in [3.05, 3.63) is 0 Å². The smallest absolute Gasteiger partial charge is 0.329 e. The van der Waals surface area contributed by atoms with Crippen LogP contribution in [0.5, 0.6) is 0 Å². The lowest BCUT2D eigenvalue weighted by Gasteiger charge is -2.31. The predicted octanol–water partition coefficient (Wildman–Crippen LogP) is 0.346. The number of aliphatic carboxylic acids is 1. The van der Waals surface area contributed by atoms with Gasteiger partial charge in [-0.25, -0.2) is 4.79 Å². The highest BCUT2D eigenvalue weighted by molar-refractivity contribution is 5.73. The molecular formula is C10H17NO4. The van der Waals surface area contributed by atoms with E-state index >= 15 is 0 Å². The lowest BCUT2D eigenvalue weighted by atomic mass is 9.99. The van der Waals surface area contributed by atoms with Crippen LogP contribution >= 0.6 is 0 Å². The van der Waals surface area contributed by atoms with Crippen molar-refractivity contribution in [3.63, 3.8) is 0 Å². The molecule has 1 atom stereocenters. The highest BCUT2D eigenvalue weighted by Gasteiger charge is 2.21. The second-order valence-electron chi connectivity index (χ2n) is 3.88. The number of carboxylic acid groups (broad SMARTS) is 1. The molecule has 1 saturated heterocycles. The van der Waals surface area contributed by atoms with Gasteiger partial charge in [-0.3, -0.25) is 4.79 Å². The summed E-state index contributed by atoms with van der Waals surface area (Å²) >= 11 is 0. The molecule has 1 heterocycles. The Hall–Kier alpha value is -1.10. The first kappa shape index (κ1) is 12.0. The predicted molar refractivity (Wildman–Crippen MR) is 53.4 cm³/mol. The zero-order chi connectivity index (χ0) is 11.3. The van der Waals surface area contributed by atoms with E-state index in [0.717, 1.165) is 19.4 Å². The van der Waals surface area contributed by atoms with Crippen LogP contribution in [0.25, 0.3) is 0 Å². The van der Waals surface area contributed by atoms with Gasteiger partial charge < -0.3 is 14.7 Å². The quantitative estimate of drug-likeness (QED) is 0.734. The zero-order valence-corrected chi connectivity index (χ0v) is 8.94. The Morgan fingerprint density at radius 1 is 1.53 bits per heavy atom. The number of carbonyl (C=O) groups excluding carboxylic acids is 1. The molecule has 0 radical (unpaired) electrons. The standard InChI is InChI=1S/C10H17NO4/c1-8(12)11-4-2-3-9(5-11)6-15-7-10(13)14/h9H,2-7H2,1H3,(H,13,14). The molecule has 1 unspecified atom stereocenters. The van der Waals surface area contributed by atoms with Gasteiger partial charge in [-0.2, -0.15) is 0 Å². The lowest BCUT2D eigenvalue weighted by Crippen LogP contribution is -2.40. The van der Waals surface area contributed by atoms with Gasteiger partial charge in [0, 0.05) is 20.0 Å². The van der Waals surface area contributed by atoms with E-state index in [0.29, 0.717) is 13.2 Å². The van der Waals surface area contributed by atoms with Crippen molar-refractivity contribution >= 4 is 11.9 Å². The largest absolute Gasteiger partial charge is 0.480 e. The fraction of sp³-hybridized carbons (Fsp3) is 0.800. The van der Waals surface area contributed by atoms with Gasteiger partial charge in [0.2, 0.25) is 5.91 Å². The average molecular weight is 215 g/mol. The van der Waals surface area contributed by atoms with Gasteiger partial charge in [0.15, 0.2) is 0 Å². The van der Waals surface area contributed by atoms with Crippen molar-refractivity contribution in [2.75, 3.05) is 26.3 Å². The number of nitrogens with zero attached hydrogens (tertiary/aromatic N) is 1. The molecule has 1 fully saturated rings.